The fraction of sp³-hybridized carbons (Fsp3) is 0.154. The lowest BCUT2D eigenvalue weighted by Gasteiger charge is -2.07. The lowest BCUT2D eigenvalue weighted by Crippen LogP contribution is -2.04. The van der Waals surface area contributed by atoms with Gasteiger partial charge in [-0.1, -0.05) is 12.1 Å². The zero-order valence-corrected chi connectivity index (χ0v) is 10.0. The number of aromatic nitrogens is 1. The molecular formula is C13H5F6NO. The molecule has 0 unspecified atom stereocenters. The maximum Gasteiger partial charge on any atom is 0.468 e. The van der Waals surface area contributed by atoms with Crippen molar-refractivity contribution in [1.29, 1.82) is 0 Å². The summed E-state index contributed by atoms with van der Waals surface area (Å²) in [5.41, 5.74) is -1.13. The van der Waals surface area contributed by atoms with Crippen LogP contribution >= 0.6 is 0 Å². The van der Waals surface area contributed by atoms with Crippen LogP contribution in [0.2, 0.25) is 0 Å². The minimum atomic E-state index is -4.75. The number of halogens is 6. The Hall–Kier alpha value is -2.25. The maximum absolute atomic E-state index is 12.6. The quantitative estimate of drug-likeness (QED) is 0.545. The van der Waals surface area contributed by atoms with E-state index in [1.165, 1.54) is 12.1 Å². The van der Waals surface area contributed by atoms with Crippen LogP contribution in [-0.2, 0) is 12.4 Å². The number of benzene rings is 2. The van der Waals surface area contributed by atoms with Crippen molar-refractivity contribution in [3.8, 4) is 0 Å². The van der Waals surface area contributed by atoms with Crippen LogP contribution in [0.5, 0.6) is 0 Å². The van der Waals surface area contributed by atoms with Gasteiger partial charge in [0.25, 0.3) is 0 Å². The molecule has 21 heavy (non-hydrogen) atoms. The summed E-state index contributed by atoms with van der Waals surface area (Å²) in [6, 6.07) is 5.17. The predicted octanol–water partition coefficient (Wildman–Crippen LogP) is 5.02. The monoisotopic (exact) mass is 305 g/mol. The third-order valence-corrected chi connectivity index (χ3v) is 2.94. The van der Waals surface area contributed by atoms with E-state index in [2.05, 4.69) is 9.40 Å². The molecule has 0 amide bonds. The topological polar surface area (TPSA) is 26.0 Å². The first-order valence-corrected chi connectivity index (χ1v) is 5.64. The molecule has 0 atom stereocenters. The Morgan fingerprint density at radius 2 is 1.57 bits per heavy atom. The number of hydrogen-bond acceptors (Lipinski definition) is 2. The third-order valence-electron chi connectivity index (χ3n) is 2.94. The predicted molar refractivity (Wildman–Crippen MR) is 61.5 cm³/mol. The molecule has 0 aliphatic rings. The smallest absolute Gasteiger partial charge is 0.433 e. The van der Waals surface area contributed by atoms with Gasteiger partial charge in [0.1, 0.15) is 5.52 Å². The second-order valence-corrected chi connectivity index (χ2v) is 4.36. The van der Waals surface area contributed by atoms with Crippen LogP contribution < -0.4 is 0 Å². The molecule has 110 valence electrons. The van der Waals surface area contributed by atoms with Gasteiger partial charge in [0.2, 0.25) is 0 Å². The molecule has 1 aromatic heterocycles. The fourth-order valence-electron chi connectivity index (χ4n) is 2.02. The van der Waals surface area contributed by atoms with Crippen molar-refractivity contribution in [2.24, 2.45) is 0 Å². The minimum absolute atomic E-state index is 0.117. The van der Waals surface area contributed by atoms with Crippen molar-refractivity contribution in [2.45, 2.75) is 12.4 Å². The lowest BCUT2D eigenvalue weighted by molar-refractivity contribution is -0.156. The Kier molecular flexibility index (Phi) is 2.69. The van der Waals surface area contributed by atoms with Gasteiger partial charge in [-0.2, -0.15) is 26.3 Å². The van der Waals surface area contributed by atoms with E-state index in [0.717, 1.165) is 18.2 Å². The Morgan fingerprint density at radius 1 is 0.857 bits per heavy atom. The van der Waals surface area contributed by atoms with Crippen molar-refractivity contribution in [1.82, 2.24) is 4.98 Å². The summed E-state index contributed by atoms with van der Waals surface area (Å²) in [6.45, 7) is 0. The third kappa shape index (κ3) is 2.30. The molecule has 0 fully saturated rings. The molecule has 0 spiro atoms. The zero-order chi connectivity index (χ0) is 15.4. The van der Waals surface area contributed by atoms with E-state index in [1.807, 2.05) is 0 Å². The summed E-state index contributed by atoms with van der Waals surface area (Å²) < 4.78 is 80.0. The van der Waals surface area contributed by atoms with Crippen molar-refractivity contribution in [3.63, 3.8) is 0 Å². The molecule has 8 heteroatoms. The van der Waals surface area contributed by atoms with Gasteiger partial charge in [-0.3, -0.25) is 0 Å². The average molecular weight is 305 g/mol. The molecule has 0 saturated carbocycles. The molecule has 0 aliphatic heterocycles. The Balaban J connectivity index is 2.27. The van der Waals surface area contributed by atoms with Gasteiger partial charge in [-0.15, -0.1) is 0 Å². The van der Waals surface area contributed by atoms with Gasteiger partial charge >= 0.3 is 18.2 Å². The van der Waals surface area contributed by atoms with Crippen molar-refractivity contribution in [3.05, 3.63) is 41.8 Å². The summed E-state index contributed by atoms with van der Waals surface area (Å²) in [4.78, 5) is 3.33. The summed E-state index contributed by atoms with van der Waals surface area (Å²) >= 11 is 0. The number of alkyl halides is 6. The van der Waals surface area contributed by atoms with Gasteiger partial charge < -0.3 is 4.42 Å². The van der Waals surface area contributed by atoms with E-state index in [0.29, 0.717) is 0 Å². The molecule has 1 heterocycles. The van der Waals surface area contributed by atoms with E-state index in [-0.39, 0.29) is 21.9 Å². The SMILES string of the molecule is FC(F)(F)c1ccc2c(ccc3oc(C(F)(F)F)nc32)c1. The number of fused-ring (bicyclic) bond motifs is 3. The number of hydrogen-bond donors (Lipinski definition) is 0. The highest BCUT2D eigenvalue weighted by Gasteiger charge is 2.38. The summed E-state index contributed by atoms with van der Waals surface area (Å²) in [6.07, 6.45) is -9.28. The number of rotatable bonds is 0. The van der Waals surface area contributed by atoms with Gasteiger partial charge in [0.15, 0.2) is 5.58 Å². The molecule has 0 N–H and O–H groups in total. The van der Waals surface area contributed by atoms with Crippen molar-refractivity contribution in [2.75, 3.05) is 0 Å². The highest BCUT2D eigenvalue weighted by molar-refractivity contribution is 6.03. The van der Waals surface area contributed by atoms with Crippen LogP contribution in [-0.4, -0.2) is 4.98 Å². The first-order chi connectivity index (χ1) is 9.66. The van der Waals surface area contributed by atoms with Gasteiger partial charge in [-0.25, -0.2) is 4.98 Å². The van der Waals surface area contributed by atoms with Gasteiger partial charge in [0, 0.05) is 5.39 Å². The first kappa shape index (κ1) is 13.7. The van der Waals surface area contributed by atoms with Gasteiger partial charge in [-0.05, 0) is 23.6 Å². The van der Waals surface area contributed by atoms with Crippen molar-refractivity contribution < 1.29 is 30.8 Å². The Morgan fingerprint density at radius 3 is 2.19 bits per heavy atom. The average Bonchev–Trinajstić information content (AvgIpc) is 2.81. The molecule has 0 radical (unpaired) electrons. The molecule has 0 aliphatic carbocycles. The van der Waals surface area contributed by atoms with Crippen LogP contribution in [0.25, 0.3) is 21.9 Å². The normalized spacial score (nSPS) is 13.2. The molecule has 2 nitrogen and oxygen atoms in total. The number of oxazole rings is 1. The van der Waals surface area contributed by atoms with E-state index in [9.17, 15) is 26.3 Å². The van der Waals surface area contributed by atoms with E-state index in [4.69, 9.17) is 0 Å². The second-order valence-electron chi connectivity index (χ2n) is 4.36. The molecule has 0 bridgehead atoms. The highest BCUT2D eigenvalue weighted by atomic mass is 19.4. The minimum Gasteiger partial charge on any atom is -0.433 e. The Labute approximate surface area is 113 Å². The van der Waals surface area contributed by atoms with Crippen molar-refractivity contribution >= 4 is 21.9 Å². The largest absolute Gasteiger partial charge is 0.468 e. The number of nitrogens with zero attached hydrogens (tertiary/aromatic N) is 1. The molecule has 0 saturated heterocycles. The summed E-state index contributed by atoms with van der Waals surface area (Å²) in [7, 11) is 0. The molecular weight excluding hydrogens is 300 g/mol. The van der Waals surface area contributed by atoms with E-state index in [1.54, 1.807) is 0 Å². The van der Waals surface area contributed by atoms with Crippen LogP contribution in [0, 0.1) is 0 Å². The highest BCUT2D eigenvalue weighted by Crippen LogP contribution is 2.36. The van der Waals surface area contributed by atoms with Crippen LogP contribution in [0.1, 0.15) is 11.5 Å². The van der Waals surface area contributed by atoms with Gasteiger partial charge in [0.05, 0.1) is 5.56 Å². The second kappa shape index (κ2) is 4.12. The van der Waals surface area contributed by atoms with Crippen LogP contribution in [0.3, 0.4) is 0 Å². The fourth-order valence-corrected chi connectivity index (χ4v) is 2.02. The van der Waals surface area contributed by atoms with E-state index >= 15 is 0 Å². The first-order valence-electron chi connectivity index (χ1n) is 5.64. The lowest BCUT2D eigenvalue weighted by atomic mass is 10.1. The maximum atomic E-state index is 12.6. The summed E-state index contributed by atoms with van der Waals surface area (Å²) in [5.74, 6) is -1.43. The molecule has 3 aromatic rings. The Bertz CT molecular complexity index is 830. The van der Waals surface area contributed by atoms with Crippen LogP contribution in [0.4, 0.5) is 26.3 Å². The summed E-state index contributed by atoms with van der Waals surface area (Å²) in [5, 5.41) is 0.305. The molecule has 3 rings (SSSR count). The van der Waals surface area contributed by atoms with Crippen LogP contribution in [0.15, 0.2) is 34.7 Å². The standard InChI is InChI=1S/C13H5F6NO/c14-12(15,16)7-2-3-8-6(5-7)1-4-9-10(8)20-11(21-9)13(17,18)19/h1-5H. The zero-order valence-electron chi connectivity index (χ0n) is 10.0. The van der Waals surface area contributed by atoms with E-state index < -0.39 is 23.8 Å². The molecule has 2 aromatic carbocycles.